The van der Waals surface area contributed by atoms with Gasteiger partial charge in [0.05, 0.1) is 16.4 Å². The van der Waals surface area contributed by atoms with Crippen LogP contribution >= 0.6 is 22.7 Å². The molecule has 0 fully saturated rings. The zero-order valence-electron chi connectivity index (χ0n) is 14.9. The van der Waals surface area contributed by atoms with Crippen molar-refractivity contribution in [2.24, 2.45) is 0 Å². The molecule has 0 atom stereocenters. The third kappa shape index (κ3) is 4.43. The van der Waals surface area contributed by atoms with Crippen molar-refractivity contribution in [3.8, 4) is 5.75 Å². The van der Waals surface area contributed by atoms with Crippen LogP contribution in [0.3, 0.4) is 0 Å². The Kier molecular flexibility index (Phi) is 5.31. The van der Waals surface area contributed by atoms with E-state index in [1.807, 2.05) is 36.6 Å². The van der Waals surface area contributed by atoms with Crippen LogP contribution in [0, 0.1) is 6.92 Å². The molecule has 1 aliphatic rings. The van der Waals surface area contributed by atoms with Gasteiger partial charge < -0.3 is 4.74 Å². The van der Waals surface area contributed by atoms with Gasteiger partial charge in [-0.05, 0) is 38.3 Å². The molecule has 1 aliphatic carbocycles. The molecule has 0 aliphatic heterocycles. The number of nitrogens with one attached hydrogen (secondary N) is 1. The van der Waals surface area contributed by atoms with Crippen molar-refractivity contribution in [2.75, 3.05) is 5.32 Å². The number of rotatable bonds is 6. The molecule has 5 nitrogen and oxygen atoms in total. The van der Waals surface area contributed by atoms with Gasteiger partial charge >= 0.3 is 0 Å². The lowest BCUT2D eigenvalue weighted by Gasteiger charge is -2.07. The van der Waals surface area contributed by atoms with Crippen molar-refractivity contribution in [3.05, 3.63) is 62.6 Å². The molecular formula is C20H19N3O2S2. The van der Waals surface area contributed by atoms with E-state index >= 15 is 0 Å². The quantitative estimate of drug-likeness (QED) is 0.616. The fourth-order valence-corrected chi connectivity index (χ4v) is 4.58. The van der Waals surface area contributed by atoms with Crippen molar-refractivity contribution >= 4 is 39.8 Å². The van der Waals surface area contributed by atoms with Gasteiger partial charge in [0.2, 0.25) is 5.91 Å². The van der Waals surface area contributed by atoms with Gasteiger partial charge in [0.1, 0.15) is 12.4 Å². The van der Waals surface area contributed by atoms with Crippen molar-refractivity contribution < 1.29 is 9.53 Å². The summed E-state index contributed by atoms with van der Waals surface area (Å²) in [4.78, 5) is 22.4. The molecular weight excluding hydrogens is 378 g/mol. The summed E-state index contributed by atoms with van der Waals surface area (Å²) in [5, 5.41) is 6.55. The smallest absolute Gasteiger partial charge is 0.250 e. The minimum absolute atomic E-state index is 0.188. The van der Waals surface area contributed by atoms with Gasteiger partial charge in [-0.25, -0.2) is 9.97 Å². The normalized spacial score (nSPS) is 13.1. The second-order valence-electron chi connectivity index (χ2n) is 6.25. The third-order valence-corrected chi connectivity index (χ3v) is 6.10. The predicted molar refractivity (Wildman–Crippen MR) is 109 cm³/mol. The number of fused-ring (bicyclic) bond motifs is 1. The number of para-hydroxylation sites is 1. The van der Waals surface area contributed by atoms with Crippen LogP contribution in [-0.4, -0.2) is 15.9 Å². The molecule has 0 saturated heterocycles. The number of amides is 1. The van der Waals surface area contributed by atoms with Gasteiger partial charge in [0.25, 0.3) is 0 Å². The maximum Gasteiger partial charge on any atom is 0.250 e. The largest absolute Gasteiger partial charge is 0.487 e. The van der Waals surface area contributed by atoms with Crippen molar-refractivity contribution in [1.29, 1.82) is 0 Å². The van der Waals surface area contributed by atoms with Crippen LogP contribution in [0.2, 0.25) is 0 Å². The van der Waals surface area contributed by atoms with Crippen molar-refractivity contribution in [3.63, 3.8) is 0 Å². The first kappa shape index (κ1) is 17.9. The molecule has 1 aromatic carbocycles. The number of aryl methyl sites for hydroxylation is 3. The third-order valence-electron chi connectivity index (χ3n) is 4.20. The number of anilines is 1. The number of ether oxygens (including phenoxy) is 1. The first-order chi connectivity index (χ1) is 13.2. The second kappa shape index (κ2) is 8.02. The Morgan fingerprint density at radius 2 is 2.19 bits per heavy atom. The molecule has 4 rings (SSSR count). The van der Waals surface area contributed by atoms with Gasteiger partial charge in [-0.1, -0.05) is 18.2 Å². The van der Waals surface area contributed by atoms with Crippen molar-refractivity contribution in [1.82, 2.24) is 9.97 Å². The lowest BCUT2D eigenvalue weighted by atomic mass is 10.2. The molecule has 2 aromatic heterocycles. The Morgan fingerprint density at radius 3 is 3.00 bits per heavy atom. The summed E-state index contributed by atoms with van der Waals surface area (Å²) < 4.78 is 5.88. The first-order valence-electron chi connectivity index (χ1n) is 8.78. The SMILES string of the molecule is Cc1nc(COc2ccccc2/C=C/C(=O)Nc2nc3c(s2)CCC3)cs1. The summed E-state index contributed by atoms with van der Waals surface area (Å²) in [6, 6.07) is 7.64. The maximum atomic E-state index is 12.2. The maximum absolute atomic E-state index is 12.2. The summed E-state index contributed by atoms with van der Waals surface area (Å²) in [5.74, 6) is 0.535. The highest BCUT2D eigenvalue weighted by Gasteiger charge is 2.17. The number of hydrogen-bond acceptors (Lipinski definition) is 6. The van der Waals surface area contributed by atoms with E-state index < -0.39 is 0 Å². The van der Waals surface area contributed by atoms with E-state index in [4.69, 9.17) is 4.74 Å². The molecule has 7 heteroatoms. The van der Waals surface area contributed by atoms with Crippen LogP contribution in [-0.2, 0) is 24.2 Å². The van der Waals surface area contributed by atoms with Crippen LogP contribution in [0.1, 0.15) is 33.3 Å². The standard InChI is InChI=1S/C20H19N3O2S2/c1-13-21-15(12-26-13)11-25-17-7-3-2-5-14(17)9-10-19(24)23-20-22-16-6-4-8-18(16)27-20/h2-3,5,7,9-10,12H,4,6,8,11H2,1H3,(H,22,23,24)/b10-9+. The number of carbonyl (C=O) groups excluding carboxylic acids is 1. The average molecular weight is 398 g/mol. The number of nitrogens with zero attached hydrogens (tertiary/aromatic N) is 2. The summed E-state index contributed by atoms with van der Waals surface area (Å²) in [7, 11) is 0. The van der Waals surface area contributed by atoms with E-state index in [1.165, 1.54) is 17.4 Å². The average Bonchev–Trinajstić information content (AvgIpc) is 3.35. The molecule has 138 valence electrons. The molecule has 1 amide bonds. The molecule has 3 aromatic rings. The first-order valence-corrected chi connectivity index (χ1v) is 10.5. The fourth-order valence-electron chi connectivity index (χ4n) is 2.93. The van der Waals surface area contributed by atoms with Crippen molar-refractivity contribution in [2.45, 2.75) is 32.8 Å². The highest BCUT2D eigenvalue weighted by molar-refractivity contribution is 7.16. The predicted octanol–water partition coefficient (Wildman–Crippen LogP) is 4.63. The van der Waals surface area contributed by atoms with E-state index in [9.17, 15) is 4.79 Å². The lowest BCUT2D eigenvalue weighted by Crippen LogP contribution is -2.07. The Morgan fingerprint density at radius 1 is 1.30 bits per heavy atom. The van der Waals surface area contributed by atoms with Gasteiger partial charge in [-0.3, -0.25) is 10.1 Å². The van der Waals surface area contributed by atoms with Crippen LogP contribution in [0.4, 0.5) is 5.13 Å². The zero-order chi connectivity index (χ0) is 18.6. The van der Waals surface area contributed by atoms with Gasteiger partial charge in [-0.2, -0.15) is 0 Å². The number of thiazole rings is 2. The summed E-state index contributed by atoms with van der Waals surface area (Å²) >= 11 is 3.18. The van der Waals surface area contributed by atoms with E-state index in [2.05, 4.69) is 15.3 Å². The highest BCUT2D eigenvalue weighted by atomic mass is 32.1. The Balaban J connectivity index is 1.39. The molecule has 2 heterocycles. The Bertz CT molecular complexity index is 969. The van der Waals surface area contributed by atoms with E-state index in [-0.39, 0.29) is 5.91 Å². The second-order valence-corrected chi connectivity index (χ2v) is 8.40. The monoisotopic (exact) mass is 397 g/mol. The van der Waals surface area contributed by atoms with Crippen LogP contribution in [0.5, 0.6) is 5.75 Å². The summed E-state index contributed by atoms with van der Waals surface area (Å²) in [6.07, 6.45) is 6.53. The number of hydrogen-bond donors (Lipinski definition) is 1. The van der Waals surface area contributed by atoms with Gasteiger partial charge in [-0.15, -0.1) is 22.7 Å². The van der Waals surface area contributed by atoms with Crippen LogP contribution in [0.15, 0.2) is 35.7 Å². The molecule has 27 heavy (non-hydrogen) atoms. The topological polar surface area (TPSA) is 64.1 Å². The lowest BCUT2D eigenvalue weighted by molar-refractivity contribution is -0.111. The van der Waals surface area contributed by atoms with Crippen LogP contribution in [0.25, 0.3) is 6.08 Å². The van der Waals surface area contributed by atoms with Gasteiger partial charge in [0, 0.05) is 21.9 Å². The number of aromatic nitrogens is 2. The van der Waals surface area contributed by atoms with E-state index in [1.54, 1.807) is 28.7 Å². The minimum Gasteiger partial charge on any atom is -0.487 e. The molecule has 0 saturated carbocycles. The van der Waals surface area contributed by atoms with E-state index in [0.29, 0.717) is 11.7 Å². The number of benzene rings is 1. The molecule has 0 radical (unpaired) electrons. The molecule has 1 N–H and O–H groups in total. The van der Waals surface area contributed by atoms with E-state index in [0.717, 1.165) is 40.6 Å². The number of carbonyl (C=O) groups is 1. The Hall–Kier alpha value is -2.51. The Labute approximate surface area is 165 Å². The minimum atomic E-state index is -0.188. The highest BCUT2D eigenvalue weighted by Crippen LogP contribution is 2.30. The summed E-state index contributed by atoms with van der Waals surface area (Å²) in [5.41, 5.74) is 2.89. The van der Waals surface area contributed by atoms with Crippen LogP contribution < -0.4 is 10.1 Å². The fraction of sp³-hybridized carbons (Fsp3) is 0.250. The zero-order valence-corrected chi connectivity index (χ0v) is 16.5. The molecule has 0 bridgehead atoms. The molecule has 0 spiro atoms. The molecule has 0 unspecified atom stereocenters. The van der Waals surface area contributed by atoms with Gasteiger partial charge in [0.15, 0.2) is 5.13 Å². The summed E-state index contributed by atoms with van der Waals surface area (Å²) in [6.45, 7) is 2.38.